The third-order valence-electron chi connectivity index (χ3n) is 4.69. The molecule has 3 rings (SSSR count). The lowest BCUT2D eigenvalue weighted by atomic mass is 10.0. The van der Waals surface area contributed by atoms with Crippen LogP contribution in [0.5, 0.6) is 0 Å². The van der Waals surface area contributed by atoms with Crippen LogP contribution in [0.3, 0.4) is 0 Å². The zero-order valence-electron chi connectivity index (χ0n) is 13.0. The Morgan fingerprint density at radius 2 is 2.04 bits per heavy atom. The van der Waals surface area contributed by atoms with Gasteiger partial charge < -0.3 is 9.80 Å². The summed E-state index contributed by atoms with van der Waals surface area (Å²) in [5.41, 5.74) is 0.686. The van der Waals surface area contributed by atoms with Gasteiger partial charge in [0.15, 0.2) is 0 Å². The fraction of sp³-hybridized carbons (Fsp3) is 0.500. The lowest BCUT2D eigenvalue weighted by Crippen LogP contribution is -2.55. The second-order valence-electron chi connectivity index (χ2n) is 6.05. The van der Waals surface area contributed by atoms with Crippen LogP contribution in [-0.4, -0.2) is 49.5 Å². The van der Waals surface area contributed by atoms with Gasteiger partial charge in [-0.2, -0.15) is 0 Å². The molecule has 124 valence electrons. The molecular weight excluding hydrogens is 319 g/mol. The fourth-order valence-corrected chi connectivity index (χ4v) is 5.09. The zero-order chi connectivity index (χ0) is 16.6. The molecule has 0 N–H and O–H groups in total. The Kier molecular flexibility index (Phi) is 4.23. The number of hydrogen-bond acceptors (Lipinski definition) is 3. The second-order valence-corrected chi connectivity index (χ2v) is 7.79. The summed E-state index contributed by atoms with van der Waals surface area (Å²) in [6.07, 6.45) is 1.00. The number of likely N-dealkylation sites (tertiary alicyclic amines) is 1. The zero-order valence-corrected chi connectivity index (χ0v) is 13.8. The lowest BCUT2D eigenvalue weighted by molar-refractivity contribution is -0.134. The number of rotatable bonds is 2. The van der Waals surface area contributed by atoms with E-state index in [2.05, 4.69) is 0 Å². The number of carbonyl (C=O) groups is 2. The molecular formula is C16H19FN2O3S. The van der Waals surface area contributed by atoms with Crippen LogP contribution >= 0.6 is 0 Å². The van der Waals surface area contributed by atoms with E-state index in [0.717, 1.165) is 0 Å². The minimum absolute atomic E-state index is 0.00774. The highest BCUT2D eigenvalue weighted by molar-refractivity contribution is 7.87. The molecule has 23 heavy (non-hydrogen) atoms. The topological polar surface area (TPSA) is 57.7 Å². The third kappa shape index (κ3) is 2.89. The highest BCUT2D eigenvalue weighted by atomic mass is 32.2. The van der Waals surface area contributed by atoms with E-state index in [1.165, 1.54) is 19.1 Å². The van der Waals surface area contributed by atoms with Crippen molar-refractivity contribution in [2.45, 2.75) is 31.2 Å². The van der Waals surface area contributed by atoms with Crippen molar-refractivity contribution in [3.05, 3.63) is 35.6 Å². The highest BCUT2D eigenvalue weighted by Crippen LogP contribution is 2.38. The summed E-state index contributed by atoms with van der Waals surface area (Å²) < 4.78 is 26.0. The maximum absolute atomic E-state index is 13.4. The van der Waals surface area contributed by atoms with Crippen LogP contribution in [0.25, 0.3) is 0 Å². The van der Waals surface area contributed by atoms with Crippen LogP contribution in [0.15, 0.2) is 24.3 Å². The standard InChI is InChI=1S/C16H19FN2O3S/c1-12(20)18-7-5-16(6-8-18)19(15(21)11-23(16)22)10-13-3-2-4-14(17)9-13/h2-4,9H,5-8,10-11H2,1H3. The summed E-state index contributed by atoms with van der Waals surface area (Å²) in [4.78, 5) is 26.4. The summed E-state index contributed by atoms with van der Waals surface area (Å²) in [6, 6.07) is 6.12. The molecule has 0 aliphatic carbocycles. The maximum atomic E-state index is 13.4. The van der Waals surface area contributed by atoms with E-state index in [9.17, 15) is 18.2 Å². The Labute approximate surface area is 136 Å². The lowest BCUT2D eigenvalue weighted by Gasteiger charge is -2.43. The van der Waals surface area contributed by atoms with Crippen LogP contribution in [0.1, 0.15) is 25.3 Å². The van der Waals surface area contributed by atoms with E-state index in [0.29, 0.717) is 31.5 Å². The molecule has 7 heteroatoms. The number of halogens is 1. The van der Waals surface area contributed by atoms with Crippen LogP contribution in [0.2, 0.25) is 0 Å². The van der Waals surface area contributed by atoms with Crippen molar-refractivity contribution in [1.82, 2.24) is 9.80 Å². The molecule has 1 aromatic rings. The van der Waals surface area contributed by atoms with Gasteiger partial charge in [-0.1, -0.05) is 12.1 Å². The summed E-state index contributed by atoms with van der Waals surface area (Å²) in [5.74, 6) is -0.513. The molecule has 0 radical (unpaired) electrons. The monoisotopic (exact) mass is 338 g/mol. The number of hydrogen-bond donors (Lipinski definition) is 0. The number of benzene rings is 1. The number of amides is 2. The summed E-state index contributed by atoms with van der Waals surface area (Å²) in [6.45, 7) is 2.75. The van der Waals surface area contributed by atoms with Crippen molar-refractivity contribution >= 4 is 22.6 Å². The van der Waals surface area contributed by atoms with Crippen molar-refractivity contribution < 1.29 is 18.2 Å². The first-order valence-corrected chi connectivity index (χ1v) is 8.93. The van der Waals surface area contributed by atoms with Crippen molar-refractivity contribution in [2.75, 3.05) is 18.8 Å². The normalized spacial score (nSPS) is 23.6. The molecule has 2 aliphatic rings. The van der Waals surface area contributed by atoms with Gasteiger partial charge in [-0.25, -0.2) is 4.39 Å². The average Bonchev–Trinajstić information content (AvgIpc) is 2.72. The van der Waals surface area contributed by atoms with E-state index in [1.807, 2.05) is 0 Å². The first-order valence-electron chi connectivity index (χ1n) is 7.61. The summed E-state index contributed by atoms with van der Waals surface area (Å²) >= 11 is 0. The molecule has 5 nitrogen and oxygen atoms in total. The van der Waals surface area contributed by atoms with E-state index in [-0.39, 0.29) is 29.9 Å². The predicted molar refractivity (Wildman–Crippen MR) is 84.2 cm³/mol. The van der Waals surface area contributed by atoms with Crippen molar-refractivity contribution in [2.24, 2.45) is 0 Å². The molecule has 2 heterocycles. The summed E-state index contributed by atoms with van der Waals surface area (Å²) in [5, 5.41) is 0. The first kappa shape index (κ1) is 16.1. The van der Waals surface area contributed by atoms with Gasteiger partial charge in [-0.15, -0.1) is 0 Å². The second kappa shape index (κ2) is 6.03. The Bertz CT molecular complexity index is 671. The van der Waals surface area contributed by atoms with Gasteiger partial charge in [0.25, 0.3) is 0 Å². The molecule has 0 saturated carbocycles. The van der Waals surface area contributed by atoms with Crippen LogP contribution < -0.4 is 0 Å². The largest absolute Gasteiger partial charge is 0.343 e. The predicted octanol–water partition coefficient (Wildman–Crippen LogP) is 1.26. The Hall–Kier alpha value is -1.76. The number of piperidine rings is 1. The Morgan fingerprint density at radius 1 is 1.35 bits per heavy atom. The minimum atomic E-state index is -1.29. The van der Waals surface area contributed by atoms with E-state index in [1.54, 1.807) is 21.9 Å². The van der Waals surface area contributed by atoms with E-state index < -0.39 is 15.7 Å². The maximum Gasteiger partial charge on any atom is 0.236 e. The molecule has 2 amide bonds. The fourth-order valence-electron chi connectivity index (χ4n) is 3.39. The van der Waals surface area contributed by atoms with Gasteiger partial charge in [0.05, 0.1) is 10.8 Å². The van der Waals surface area contributed by atoms with Crippen molar-refractivity contribution in [3.8, 4) is 0 Å². The van der Waals surface area contributed by atoms with Gasteiger partial charge in [0, 0.05) is 39.4 Å². The molecule has 2 fully saturated rings. The van der Waals surface area contributed by atoms with E-state index >= 15 is 0 Å². The van der Waals surface area contributed by atoms with Gasteiger partial charge in [0.2, 0.25) is 11.8 Å². The van der Waals surface area contributed by atoms with Crippen LogP contribution in [0, 0.1) is 5.82 Å². The molecule has 1 atom stereocenters. The molecule has 1 unspecified atom stereocenters. The average molecular weight is 338 g/mol. The van der Waals surface area contributed by atoms with Crippen molar-refractivity contribution in [1.29, 1.82) is 0 Å². The smallest absolute Gasteiger partial charge is 0.236 e. The Morgan fingerprint density at radius 3 is 2.65 bits per heavy atom. The van der Waals surface area contributed by atoms with E-state index in [4.69, 9.17) is 0 Å². The summed E-state index contributed by atoms with van der Waals surface area (Å²) in [7, 11) is -1.29. The SMILES string of the molecule is CC(=O)N1CCC2(CC1)N(Cc1cccc(F)c1)C(=O)CS2=O. The number of carbonyl (C=O) groups excluding carboxylic acids is 2. The molecule has 1 aromatic carbocycles. The van der Waals surface area contributed by atoms with Crippen LogP contribution in [-0.2, 0) is 26.9 Å². The molecule has 0 bridgehead atoms. The first-order chi connectivity index (χ1) is 10.9. The van der Waals surface area contributed by atoms with Crippen molar-refractivity contribution in [3.63, 3.8) is 0 Å². The van der Waals surface area contributed by atoms with Gasteiger partial charge >= 0.3 is 0 Å². The highest BCUT2D eigenvalue weighted by Gasteiger charge is 2.52. The quantitative estimate of drug-likeness (QED) is 0.816. The molecule has 1 spiro atoms. The van der Waals surface area contributed by atoms with Gasteiger partial charge in [0.1, 0.15) is 16.4 Å². The van der Waals surface area contributed by atoms with Gasteiger partial charge in [-0.05, 0) is 17.7 Å². The molecule has 2 aliphatic heterocycles. The third-order valence-corrected chi connectivity index (χ3v) is 6.68. The van der Waals surface area contributed by atoms with Gasteiger partial charge in [-0.3, -0.25) is 13.8 Å². The Balaban J connectivity index is 1.84. The van der Waals surface area contributed by atoms with Crippen LogP contribution in [0.4, 0.5) is 4.39 Å². The number of nitrogens with zero attached hydrogens (tertiary/aromatic N) is 2. The minimum Gasteiger partial charge on any atom is -0.343 e. The molecule has 2 saturated heterocycles. The molecule has 0 aromatic heterocycles.